The molecule has 2 N–H and O–H groups in total. The lowest BCUT2D eigenvalue weighted by Gasteiger charge is -2.50. The van der Waals surface area contributed by atoms with Crippen molar-refractivity contribution in [2.24, 2.45) is 0 Å². The van der Waals surface area contributed by atoms with Crippen LogP contribution < -0.4 is 5.32 Å². The van der Waals surface area contributed by atoms with E-state index in [0.29, 0.717) is 17.9 Å². The van der Waals surface area contributed by atoms with Gasteiger partial charge in [-0.3, -0.25) is 5.41 Å². The first-order valence-corrected chi connectivity index (χ1v) is 14.0. The Morgan fingerprint density at radius 1 is 1.09 bits per heavy atom. The second kappa shape index (κ2) is 7.62. The summed E-state index contributed by atoms with van der Waals surface area (Å²) in [6.07, 6.45) is 6.36. The number of halogens is 1. The summed E-state index contributed by atoms with van der Waals surface area (Å²) in [5.74, 6) is 6.99. The number of sulfone groups is 1. The molecule has 3 fully saturated rings. The van der Waals surface area contributed by atoms with Crippen LogP contribution in [0.1, 0.15) is 67.2 Å². The molecule has 0 unspecified atom stereocenters. The molecular formula is C25H27ClN2O2S2. The average molecular weight is 487 g/mol. The monoisotopic (exact) mass is 486 g/mol. The molecule has 0 amide bonds. The summed E-state index contributed by atoms with van der Waals surface area (Å²) >= 11 is 8.05. The number of thiophene rings is 1. The molecule has 1 spiro atoms. The normalized spacial score (nSPS) is 27.2. The van der Waals surface area contributed by atoms with Crippen LogP contribution in [0.25, 0.3) is 0 Å². The van der Waals surface area contributed by atoms with E-state index >= 15 is 0 Å². The number of amidine groups is 1. The highest BCUT2D eigenvalue weighted by molar-refractivity contribution is 7.93. The maximum absolute atomic E-state index is 13.2. The smallest absolute Gasteiger partial charge is 0.165 e. The van der Waals surface area contributed by atoms with Crippen LogP contribution in [0.5, 0.6) is 0 Å². The highest BCUT2D eigenvalue weighted by atomic mass is 35.5. The third kappa shape index (κ3) is 3.32. The van der Waals surface area contributed by atoms with Gasteiger partial charge in [0, 0.05) is 0 Å². The van der Waals surface area contributed by atoms with Gasteiger partial charge in [0.25, 0.3) is 0 Å². The van der Waals surface area contributed by atoms with E-state index in [0.717, 1.165) is 29.0 Å². The molecule has 1 atom stereocenters. The Hall–Kier alpha value is -1.81. The molecule has 1 aliphatic heterocycles. The van der Waals surface area contributed by atoms with Crippen molar-refractivity contribution in [3.05, 3.63) is 56.7 Å². The molecule has 1 saturated heterocycles. The van der Waals surface area contributed by atoms with Crippen LogP contribution in [0, 0.1) is 17.3 Å². The van der Waals surface area contributed by atoms with Crippen molar-refractivity contribution in [1.82, 2.24) is 5.32 Å². The van der Waals surface area contributed by atoms with Crippen molar-refractivity contribution < 1.29 is 8.42 Å². The van der Waals surface area contributed by atoms with E-state index in [4.69, 9.17) is 17.0 Å². The zero-order valence-corrected chi connectivity index (χ0v) is 20.5. The zero-order chi connectivity index (χ0) is 22.6. The first kappa shape index (κ1) is 22.0. The highest BCUT2D eigenvalue weighted by Crippen LogP contribution is 2.48. The number of benzene rings is 1. The quantitative estimate of drug-likeness (QED) is 0.558. The highest BCUT2D eigenvalue weighted by Gasteiger charge is 2.59. The van der Waals surface area contributed by atoms with Crippen LogP contribution in [0.15, 0.2) is 36.4 Å². The Morgan fingerprint density at radius 3 is 2.38 bits per heavy atom. The molecule has 2 aliphatic carbocycles. The van der Waals surface area contributed by atoms with E-state index in [9.17, 15) is 8.42 Å². The second-order valence-corrected chi connectivity index (χ2v) is 13.4. The largest absolute Gasteiger partial charge is 0.362 e. The molecular weight excluding hydrogens is 460 g/mol. The van der Waals surface area contributed by atoms with Gasteiger partial charge in [-0.05, 0) is 50.7 Å². The van der Waals surface area contributed by atoms with Gasteiger partial charge in [-0.15, -0.1) is 11.3 Å². The van der Waals surface area contributed by atoms with Gasteiger partial charge in [-0.25, -0.2) is 8.42 Å². The van der Waals surface area contributed by atoms with E-state index in [-0.39, 0.29) is 17.0 Å². The van der Waals surface area contributed by atoms with Crippen molar-refractivity contribution >= 4 is 38.6 Å². The van der Waals surface area contributed by atoms with Crippen LogP contribution in [-0.4, -0.2) is 24.8 Å². The van der Waals surface area contributed by atoms with Gasteiger partial charge in [0.1, 0.15) is 10.6 Å². The van der Waals surface area contributed by atoms with Crippen LogP contribution in [0.4, 0.5) is 0 Å². The van der Waals surface area contributed by atoms with E-state index in [2.05, 4.69) is 41.4 Å². The minimum atomic E-state index is -3.45. The third-order valence-electron chi connectivity index (χ3n) is 7.49. The first-order valence-electron chi connectivity index (χ1n) is 11.2. The number of hydrogen-bond acceptors (Lipinski definition) is 4. The summed E-state index contributed by atoms with van der Waals surface area (Å²) in [6.45, 7) is 1.84. The zero-order valence-electron chi connectivity index (χ0n) is 18.1. The Morgan fingerprint density at radius 2 is 1.78 bits per heavy atom. The summed E-state index contributed by atoms with van der Waals surface area (Å²) in [7, 11) is -3.45. The van der Waals surface area contributed by atoms with Crippen molar-refractivity contribution in [2.45, 2.75) is 67.6 Å². The van der Waals surface area contributed by atoms with Gasteiger partial charge in [0.05, 0.1) is 31.5 Å². The molecule has 1 aromatic carbocycles. The molecule has 0 radical (unpaired) electrons. The minimum absolute atomic E-state index is 0.0521. The fourth-order valence-corrected chi connectivity index (χ4v) is 9.61. The third-order valence-corrected chi connectivity index (χ3v) is 12.0. The lowest BCUT2D eigenvalue weighted by Crippen LogP contribution is -2.68. The fraction of sp³-hybridized carbons (Fsp3) is 0.480. The van der Waals surface area contributed by atoms with Crippen LogP contribution in [0.2, 0.25) is 5.02 Å². The molecule has 4 nitrogen and oxygen atoms in total. The van der Waals surface area contributed by atoms with Gasteiger partial charge < -0.3 is 5.32 Å². The molecule has 0 bridgehead atoms. The molecule has 2 heterocycles. The fourth-order valence-electron chi connectivity index (χ4n) is 5.49. The summed E-state index contributed by atoms with van der Waals surface area (Å²) in [5.41, 5.74) is 0.217. The summed E-state index contributed by atoms with van der Waals surface area (Å²) < 4.78 is 25.3. The maximum atomic E-state index is 13.2. The van der Waals surface area contributed by atoms with Gasteiger partial charge in [-0.2, -0.15) is 0 Å². The van der Waals surface area contributed by atoms with Crippen LogP contribution in [0.3, 0.4) is 0 Å². The molecule has 32 heavy (non-hydrogen) atoms. The van der Waals surface area contributed by atoms with E-state index in [1.165, 1.54) is 29.7 Å². The SMILES string of the molecule is C[C@@]1(c2sc(C#CC3(c4ccccc4)CCCC3)cc2Cl)CS(=O)(=O)C2(CCC2)C(=N)N1. The number of hydrogen-bond donors (Lipinski definition) is 2. The molecule has 3 aliphatic rings. The van der Waals surface area contributed by atoms with Crippen molar-refractivity contribution in [3.63, 3.8) is 0 Å². The van der Waals surface area contributed by atoms with Crippen molar-refractivity contribution in [2.75, 3.05) is 5.75 Å². The molecule has 5 rings (SSSR count). The van der Waals surface area contributed by atoms with Crippen molar-refractivity contribution in [3.8, 4) is 11.8 Å². The molecule has 168 valence electrons. The number of nitrogens with one attached hydrogen (secondary N) is 2. The van der Waals surface area contributed by atoms with Gasteiger partial charge in [0.15, 0.2) is 9.84 Å². The molecule has 1 aromatic heterocycles. The summed E-state index contributed by atoms with van der Waals surface area (Å²) in [5, 5.41) is 12.2. The van der Waals surface area contributed by atoms with Gasteiger partial charge in [-0.1, -0.05) is 66.6 Å². The molecule has 2 aromatic rings. The summed E-state index contributed by atoms with van der Waals surface area (Å²) in [4.78, 5) is 1.58. The first-order chi connectivity index (χ1) is 15.2. The Labute approximate surface area is 199 Å². The predicted molar refractivity (Wildman–Crippen MR) is 131 cm³/mol. The second-order valence-electron chi connectivity index (χ2n) is 9.63. The van der Waals surface area contributed by atoms with E-state index < -0.39 is 20.1 Å². The predicted octanol–water partition coefficient (Wildman–Crippen LogP) is 5.40. The number of rotatable bonds is 2. The van der Waals surface area contributed by atoms with Crippen LogP contribution in [-0.2, 0) is 20.8 Å². The van der Waals surface area contributed by atoms with Crippen LogP contribution >= 0.6 is 22.9 Å². The van der Waals surface area contributed by atoms with Gasteiger partial charge in [0.2, 0.25) is 0 Å². The minimum Gasteiger partial charge on any atom is -0.362 e. The molecule has 7 heteroatoms. The van der Waals surface area contributed by atoms with E-state index in [1.807, 2.05) is 19.1 Å². The van der Waals surface area contributed by atoms with Crippen molar-refractivity contribution in [1.29, 1.82) is 5.41 Å². The Kier molecular flexibility index (Phi) is 5.24. The standard InChI is InChI=1S/C25H27ClN2O2S2/c1-23(17-32(29,30)25(13-7-14-25)22(27)28-23)21-20(26)16-19(31-21)10-15-24(11-5-6-12-24)18-8-3-2-4-9-18/h2-4,8-9,16H,5-7,11-14,17H2,1H3,(H2,27,28)/t23-/m0/s1. The van der Waals surface area contributed by atoms with E-state index in [1.54, 1.807) is 0 Å². The maximum Gasteiger partial charge on any atom is 0.165 e. The lowest BCUT2D eigenvalue weighted by atomic mass is 9.79. The average Bonchev–Trinajstić information content (AvgIpc) is 3.32. The van der Waals surface area contributed by atoms with Gasteiger partial charge >= 0.3 is 0 Å². The topological polar surface area (TPSA) is 70.0 Å². The molecule has 2 saturated carbocycles. The lowest BCUT2D eigenvalue weighted by molar-refractivity contribution is 0.363. The Balaban J connectivity index is 1.48. The summed E-state index contributed by atoms with van der Waals surface area (Å²) in [6, 6.07) is 12.3. The Bertz CT molecular complexity index is 1230.